The summed E-state index contributed by atoms with van der Waals surface area (Å²) in [7, 11) is 3.66. The first-order valence-electron chi connectivity index (χ1n) is 8.52. The number of likely N-dealkylation sites (N-methyl/N-ethyl adjacent to an activating group) is 1. The number of halogens is 1. The molecule has 1 fully saturated rings. The zero-order valence-corrected chi connectivity index (χ0v) is 16.0. The van der Waals surface area contributed by atoms with Crippen LogP contribution < -0.4 is 10.1 Å². The molecule has 0 atom stereocenters. The van der Waals surface area contributed by atoms with Crippen LogP contribution in [0, 0.1) is 6.92 Å². The Kier molecular flexibility index (Phi) is 5.64. The zero-order chi connectivity index (χ0) is 18.7. The van der Waals surface area contributed by atoms with Crippen molar-refractivity contribution in [1.82, 2.24) is 14.8 Å². The van der Waals surface area contributed by atoms with Gasteiger partial charge in [0.1, 0.15) is 5.75 Å². The second-order valence-corrected chi connectivity index (χ2v) is 6.89. The lowest BCUT2D eigenvalue weighted by Crippen LogP contribution is -2.47. The van der Waals surface area contributed by atoms with Gasteiger partial charge in [-0.2, -0.15) is 0 Å². The number of hydrogen-bond acceptors (Lipinski definition) is 5. The summed E-state index contributed by atoms with van der Waals surface area (Å²) >= 11 is 6.16. The molecule has 0 radical (unpaired) electrons. The van der Waals surface area contributed by atoms with Crippen LogP contribution in [0.25, 0.3) is 0 Å². The van der Waals surface area contributed by atoms with E-state index in [0.29, 0.717) is 16.3 Å². The van der Waals surface area contributed by atoms with Gasteiger partial charge in [0.2, 0.25) is 0 Å². The third-order valence-electron chi connectivity index (χ3n) is 4.54. The number of carbonyl (C=O) groups excluding carboxylic acids is 1. The number of methoxy groups -OCH3 is 1. The van der Waals surface area contributed by atoms with E-state index >= 15 is 0 Å². The Morgan fingerprint density at radius 3 is 2.62 bits per heavy atom. The number of rotatable bonds is 4. The number of nitrogens with zero attached hydrogens (tertiary/aromatic N) is 3. The second kappa shape index (κ2) is 7.93. The highest BCUT2D eigenvalue weighted by Gasteiger charge is 2.21. The monoisotopic (exact) mass is 374 g/mol. The van der Waals surface area contributed by atoms with Crippen LogP contribution in [0.3, 0.4) is 0 Å². The standard InChI is InChI=1S/C19H23ClN4O2/c1-13-8-17(18(26-3)10-16(13)20)22-15-9-14(11-21-12-15)19(25)24-6-4-23(2)5-7-24/h8-12,22H,4-7H2,1-3H3. The van der Waals surface area contributed by atoms with Crippen molar-refractivity contribution in [2.45, 2.75) is 6.92 Å². The smallest absolute Gasteiger partial charge is 0.255 e. The molecule has 1 aromatic heterocycles. The largest absolute Gasteiger partial charge is 0.495 e. The number of hydrogen-bond donors (Lipinski definition) is 1. The van der Waals surface area contributed by atoms with Crippen LogP contribution in [-0.2, 0) is 0 Å². The lowest BCUT2D eigenvalue weighted by Gasteiger charge is -2.32. The van der Waals surface area contributed by atoms with Crippen molar-refractivity contribution < 1.29 is 9.53 Å². The van der Waals surface area contributed by atoms with Gasteiger partial charge in [-0.1, -0.05) is 11.6 Å². The zero-order valence-electron chi connectivity index (χ0n) is 15.3. The first kappa shape index (κ1) is 18.5. The fourth-order valence-corrected chi connectivity index (χ4v) is 3.06. The molecule has 26 heavy (non-hydrogen) atoms. The third-order valence-corrected chi connectivity index (χ3v) is 4.94. The van der Waals surface area contributed by atoms with E-state index in [1.54, 1.807) is 25.6 Å². The van der Waals surface area contributed by atoms with E-state index in [1.165, 1.54) is 0 Å². The minimum Gasteiger partial charge on any atom is -0.495 e. The second-order valence-electron chi connectivity index (χ2n) is 6.48. The number of aromatic nitrogens is 1. The molecule has 1 aliphatic rings. The molecule has 1 aromatic carbocycles. The first-order chi connectivity index (χ1) is 12.5. The van der Waals surface area contributed by atoms with Gasteiger partial charge < -0.3 is 19.9 Å². The van der Waals surface area contributed by atoms with Gasteiger partial charge in [-0.05, 0) is 31.7 Å². The number of nitrogens with one attached hydrogen (secondary N) is 1. The van der Waals surface area contributed by atoms with Crippen LogP contribution in [-0.4, -0.2) is 61.0 Å². The molecule has 1 aliphatic heterocycles. The molecule has 0 spiro atoms. The Morgan fingerprint density at radius 2 is 1.92 bits per heavy atom. The van der Waals surface area contributed by atoms with Crippen molar-refractivity contribution >= 4 is 28.9 Å². The van der Waals surface area contributed by atoms with E-state index in [-0.39, 0.29) is 5.91 Å². The number of aryl methyl sites for hydroxylation is 1. The predicted molar refractivity (Wildman–Crippen MR) is 104 cm³/mol. The third kappa shape index (κ3) is 4.08. The molecule has 1 N–H and O–H groups in total. The van der Waals surface area contributed by atoms with Crippen LogP contribution in [0.2, 0.25) is 5.02 Å². The lowest BCUT2D eigenvalue weighted by atomic mass is 10.2. The minimum absolute atomic E-state index is 0.00787. The Bertz CT molecular complexity index is 804. The van der Waals surface area contributed by atoms with Crippen molar-refractivity contribution in [3.8, 4) is 5.75 Å². The minimum atomic E-state index is 0.00787. The summed E-state index contributed by atoms with van der Waals surface area (Å²) in [6.07, 6.45) is 3.29. The van der Waals surface area contributed by atoms with Crippen LogP contribution in [0.4, 0.5) is 11.4 Å². The fourth-order valence-electron chi connectivity index (χ4n) is 2.90. The fraction of sp³-hybridized carbons (Fsp3) is 0.368. The number of ether oxygens (including phenoxy) is 1. The molecule has 7 heteroatoms. The molecular formula is C19H23ClN4O2. The van der Waals surface area contributed by atoms with Crippen molar-refractivity contribution in [1.29, 1.82) is 0 Å². The van der Waals surface area contributed by atoms with Gasteiger partial charge >= 0.3 is 0 Å². The van der Waals surface area contributed by atoms with Crippen molar-refractivity contribution in [2.75, 3.05) is 45.7 Å². The Morgan fingerprint density at radius 1 is 1.19 bits per heavy atom. The van der Waals surface area contributed by atoms with Gasteiger partial charge in [0.15, 0.2) is 0 Å². The molecule has 0 bridgehead atoms. The summed E-state index contributed by atoms with van der Waals surface area (Å²) in [5.41, 5.74) is 3.02. The number of carbonyl (C=O) groups is 1. The van der Waals surface area contributed by atoms with Gasteiger partial charge in [0.05, 0.1) is 30.2 Å². The van der Waals surface area contributed by atoms with E-state index in [9.17, 15) is 4.79 Å². The number of benzene rings is 1. The van der Waals surface area contributed by atoms with Gasteiger partial charge in [-0.15, -0.1) is 0 Å². The maximum atomic E-state index is 12.7. The Hall–Kier alpha value is -2.31. The summed E-state index contributed by atoms with van der Waals surface area (Å²) in [6.45, 7) is 5.17. The quantitative estimate of drug-likeness (QED) is 0.890. The predicted octanol–water partition coefficient (Wildman–Crippen LogP) is 3.18. The maximum absolute atomic E-state index is 12.7. The van der Waals surface area contributed by atoms with E-state index in [1.807, 2.05) is 24.0 Å². The van der Waals surface area contributed by atoms with Crippen LogP contribution in [0.5, 0.6) is 5.75 Å². The summed E-state index contributed by atoms with van der Waals surface area (Å²) in [5, 5.41) is 3.91. The molecular weight excluding hydrogens is 352 g/mol. The average molecular weight is 375 g/mol. The van der Waals surface area contributed by atoms with E-state index in [0.717, 1.165) is 43.1 Å². The molecule has 0 aliphatic carbocycles. The molecule has 1 amide bonds. The number of amides is 1. The van der Waals surface area contributed by atoms with E-state index < -0.39 is 0 Å². The first-order valence-corrected chi connectivity index (χ1v) is 8.89. The highest BCUT2D eigenvalue weighted by molar-refractivity contribution is 6.31. The summed E-state index contributed by atoms with van der Waals surface area (Å²) in [6, 6.07) is 5.50. The van der Waals surface area contributed by atoms with Crippen molar-refractivity contribution in [3.05, 3.63) is 46.7 Å². The van der Waals surface area contributed by atoms with E-state index in [2.05, 4.69) is 22.2 Å². The summed E-state index contributed by atoms with van der Waals surface area (Å²) in [4.78, 5) is 21.0. The van der Waals surface area contributed by atoms with Gasteiger partial charge in [0.25, 0.3) is 5.91 Å². The van der Waals surface area contributed by atoms with Crippen molar-refractivity contribution in [2.24, 2.45) is 0 Å². The molecule has 2 heterocycles. The molecule has 138 valence electrons. The van der Waals surface area contributed by atoms with Gasteiger partial charge in [-0.3, -0.25) is 9.78 Å². The molecule has 0 unspecified atom stereocenters. The molecule has 2 aromatic rings. The number of pyridine rings is 1. The Labute approximate surface area is 158 Å². The number of anilines is 2. The van der Waals surface area contributed by atoms with Crippen LogP contribution >= 0.6 is 11.6 Å². The number of piperazine rings is 1. The normalized spacial score (nSPS) is 15.0. The van der Waals surface area contributed by atoms with Gasteiger partial charge in [0, 0.05) is 43.5 Å². The van der Waals surface area contributed by atoms with E-state index in [4.69, 9.17) is 16.3 Å². The lowest BCUT2D eigenvalue weighted by molar-refractivity contribution is 0.0663. The molecule has 6 nitrogen and oxygen atoms in total. The molecule has 3 rings (SSSR count). The SMILES string of the molecule is COc1cc(Cl)c(C)cc1Nc1cncc(C(=O)N2CCN(C)CC2)c1. The molecule has 1 saturated heterocycles. The Balaban J connectivity index is 1.80. The van der Waals surface area contributed by atoms with Crippen LogP contribution in [0.1, 0.15) is 15.9 Å². The maximum Gasteiger partial charge on any atom is 0.255 e. The molecule has 0 saturated carbocycles. The topological polar surface area (TPSA) is 57.7 Å². The van der Waals surface area contributed by atoms with Crippen molar-refractivity contribution in [3.63, 3.8) is 0 Å². The van der Waals surface area contributed by atoms with Crippen LogP contribution in [0.15, 0.2) is 30.6 Å². The highest BCUT2D eigenvalue weighted by Crippen LogP contribution is 2.33. The summed E-state index contributed by atoms with van der Waals surface area (Å²) < 4.78 is 5.39. The average Bonchev–Trinajstić information content (AvgIpc) is 2.65. The summed E-state index contributed by atoms with van der Waals surface area (Å²) in [5.74, 6) is 0.643. The highest BCUT2D eigenvalue weighted by atomic mass is 35.5. The van der Waals surface area contributed by atoms with Gasteiger partial charge in [-0.25, -0.2) is 0 Å².